The van der Waals surface area contributed by atoms with Crippen LogP contribution in [0.4, 0.5) is 11.9 Å². The Labute approximate surface area is 194 Å². The van der Waals surface area contributed by atoms with E-state index in [1.807, 2.05) is 64.7 Å². The van der Waals surface area contributed by atoms with Gasteiger partial charge < -0.3 is 10.1 Å². The molecule has 5 rings (SSSR count). The zero-order chi connectivity index (χ0) is 22.1. The maximum absolute atomic E-state index is 12.5. The van der Waals surface area contributed by atoms with Crippen LogP contribution >= 0.6 is 22.9 Å². The predicted octanol–water partition coefficient (Wildman–Crippen LogP) is 5.40. The molecule has 0 fully saturated rings. The van der Waals surface area contributed by atoms with Gasteiger partial charge >= 0.3 is 0 Å². The van der Waals surface area contributed by atoms with Gasteiger partial charge in [0, 0.05) is 5.02 Å². The highest BCUT2D eigenvalue weighted by Crippen LogP contribution is 2.38. The van der Waals surface area contributed by atoms with Crippen molar-refractivity contribution in [2.75, 3.05) is 17.7 Å². The summed E-state index contributed by atoms with van der Waals surface area (Å²) < 4.78 is 7.14. The first-order valence-electron chi connectivity index (χ1n) is 10.1. The van der Waals surface area contributed by atoms with Crippen LogP contribution in [0.3, 0.4) is 0 Å². The number of anilines is 2. The molecule has 0 spiro atoms. The van der Waals surface area contributed by atoms with Gasteiger partial charge in [0.1, 0.15) is 5.75 Å². The lowest BCUT2D eigenvalue weighted by atomic mass is 9.93. The van der Waals surface area contributed by atoms with E-state index in [4.69, 9.17) is 16.3 Å². The van der Waals surface area contributed by atoms with Crippen molar-refractivity contribution in [2.24, 2.45) is 0 Å². The number of benzene rings is 2. The van der Waals surface area contributed by atoms with Crippen molar-refractivity contribution in [2.45, 2.75) is 18.5 Å². The van der Waals surface area contributed by atoms with Crippen molar-refractivity contribution in [1.82, 2.24) is 14.8 Å². The molecule has 2 aromatic carbocycles. The van der Waals surface area contributed by atoms with E-state index in [0.29, 0.717) is 15.8 Å². The highest BCUT2D eigenvalue weighted by atomic mass is 35.5. The highest BCUT2D eigenvalue weighted by molar-refractivity contribution is 7.12. The van der Waals surface area contributed by atoms with Crippen LogP contribution in [0.15, 0.2) is 66.0 Å². The van der Waals surface area contributed by atoms with Crippen LogP contribution < -0.4 is 15.4 Å². The number of halogens is 1. The Kier molecular flexibility index (Phi) is 5.55. The van der Waals surface area contributed by atoms with Gasteiger partial charge in [-0.25, -0.2) is 4.68 Å². The Bertz CT molecular complexity index is 1220. The fourth-order valence-corrected chi connectivity index (χ4v) is 4.56. The predicted molar refractivity (Wildman–Crippen MR) is 126 cm³/mol. The summed E-state index contributed by atoms with van der Waals surface area (Å²) in [5, 5.41) is 13.4. The molecule has 1 aliphatic rings. The number of thiophene rings is 1. The van der Waals surface area contributed by atoms with Gasteiger partial charge in [-0.2, -0.15) is 4.98 Å². The molecule has 32 heavy (non-hydrogen) atoms. The van der Waals surface area contributed by atoms with Gasteiger partial charge in [0.25, 0.3) is 11.9 Å². The van der Waals surface area contributed by atoms with E-state index in [9.17, 15) is 4.79 Å². The molecule has 0 saturated carbocycles. The number of nitrogens with one attached hydrogen (secondary N) is 2. The Morgan fingerprint density at radius 3 is 2.59 bits per heavy atom. The number of hydrogen-bond acceptors (Lipinski definition) is 6. The zero-order valence-corrected chi connectivity index (χ0v) is 18.7. The number of methoxy groups -OCH3 is 1. The summed E-state index contributed by atoms with van der Waals surface area (Å²) in [4.78, 5) is 17.7. The van der Waals surface area contributed by atoms with Crippen LogP contribution in [0.1, 0.15) is 39.3 Å². The minimum Gasteiger partial charge on any atom is -0.497 e. The zero-order valence-electron chi connectivity index (χ0n) is 17.2. The monoisotopic (exact) mass is 465 g/mol. The standard InChI is InChI=1S/C23H20ClN5O2S/c1-31-17-10-6-15(7-11-17)19-13-18(14-4-8-16(24)9-5-14)25-23-27-22(28-29(19)23)26-21(30)20-3-2-12-32-20/h2-12,18-19H,13H2,1H3,(H2,25,26,27,28,30)/t18-,19+/m1/s1. The molecule has 162 valence electrons. The summed E-state index contributed by atoms with van der Waals surface area (Å²) >= 11 is 7.45. The van der Waals surface area contributed by atoms with Gasteiger partial charge in [-0.3, -0.25) is 10.1 Å². The van der Waals surface area contributed by atoms with Gasteiger partial charge in [0.05, 0.1) is 24.1 Å². The number of nitrogens with zero attached hydrogens (tertiary/aromatic N) is 3. The number of ether oxygens (including phenoxy) is 1. The van der Waals surface area contributed by atoms with Crippen molar-refractivity contribution in [3.8, 4) is 5.75 Å². The minimum atomic E-state index is -0.224. The van der Waals surface area contributed by atoms with E-state index in [1.54, 1.807) is 13.2 Å². The molecule has 0 unspecified atom stereocenters. The van der Waals surface area contributed by atoms with Crippen molar-refractivity contribution >= 4 is 40.7 Å². The SMILES string of the molecule is COc1ccc([C@@H]2C[C@H](c3ccc(Cl)cc3)Nc3nc(NC(=O)c4cccs4)nn32)cc1. The highest BCUT2D eigenvalue weighted by Gasteiger charge is 2.31. The third kappa shape index (κ3) is 4.06. The lowest BCUT2D eigenvalue weighted by molar-refractivity contribution is 0.102. The van der Waals surface area contributed by atoms with Crippen LogP contribution in [0.2, 0.25) is 5.02 Å². The number of fused-ring (bicyclic) bond motifs is 1. The Hall–Kier alpha value is -3.36. The molecule has 2 N–H and O–H groups in total. The smallest absolute Gasteiger partial charge is 0.268 e. The van der Waals surface area contributed by atoms with Crippen LogP contribution in [0.25, 0.3) is 0 Å². The van der Waals surface area contributed by atoms with Crippen molar-refractivity contribution in [3.63, 3.8) is 0 Å². The molecule has 2 atom stereocenters. The van der Waals surface area contributed by atoms with Crippen molar-refractivity contribution in [3.05, 3.63) is 87.1 Å². The van der Waals surface area contributed by atoms with E-state index in [-0.39, 0.29) is 23.9 Å². The van der Waals surface area contributed by atoms with Gasteiger partial charge in [-0.15, -0.1) is 16.4 Å². The molecule has 9 heteroatoms. The molecule has 0 radical (unpaired) electrons. The quantitative estimate of drug-likeness (QED) is 0.412. The van der Waals surface area contributed by atoms with Crippen molar-refractivity contribution < 1.29 is 9.53 Å². The van der Waals surface area contributed by atoms with E-state index in [1.165, 1.54) is 11.3 Å². The third-order valence-corrected chi connectivity index (χ3v) is 6.55. The first-order valence-corrected chi connectivity index (χ1v) is 11.3. The maximum atomic E-state index is 12.5. The van der Waals surface area contributed by atoms with Crippen LogP contribution in [0, 0.1) is 0 Å². The average molecular weight is 466 g/mol. The topological polar surface area (TPSA) is 81.1 Å². The molecule has 1 amide bonds. The molecule has 7 nitrogen and oxygen atoms in total. The number of aromatic nitrogens is 3. The third-order valence-electron chi connectivity index (χ3n) is 5.43. The number of carbonyl (C=O) groups excluding carboxylic acids is 1. The molecule has 2 aromatic heterocycles. The van der Waals surface area contributed by atoms with Crippen molar-refractivity contribution in [1.29, 1.82) is 0 Å². The number of carbonyl (C=O) groups is 1. The molecule has 4 aromatic rings. The maximum Gasteiger partial charge on any atom is 0.268 e. The average Bonchev–Trinajstić information content (AvgIpc) is 3.49. The number of rotatable bonds is 5. The Morgan fingerprint density at radius 1 is 1.16 bits per heavy atom. The van der Waals surface area contributed by atoms with Gasteiger partial charge in [0.2, 0.25) is 5.95 Å². The van der Waals surface area contributed by atoms with E-state index in [2.05, 4.69) is 20.7 Å². The second kappa shape index (κ2) is 8.64. The summed E-state index contributed by atoms with van der Waals surface area (Å²) in [7, 11) is 1.65. The van der Waals surface area contributed by atoms with Crippen LogP contribution in [0.5, 0.6) is 5.75 Å². The van der Waals surface area contributed by atoms with Gasteiger partial charge in [-0.1, -0.05) is 41.9 Å². The fourth-order valence-electron chi connectivity index (χ4n) is 3.82. The van der Waals surface area contributed by atoms with Crippen LogP contribution in [-0.2, 0) is 0 Å². The number of hydrogen-bond donors (Lipinski definition) is 2. The normalized spacial score (nSPS) is 17.3. The summed E-state index contributed by atoms with van der Waals surface area (Å²) in [5.74, 6) is 1.43. The second-order valence-electron chi connectivity index (χ2n) is 7.41. The lowest BCUT2D eigenvalue weighted by Crippen LogP contribution is -2.28. The molecule has 0 saturated heterocycles. The number of amides is 1. The lowest BCUT2D eigenvalue weighted by Gasteiger charge is -2.31. The summed E-state index contributed by atoms with van der Waals surface area (Å²) in [6.45, 7) is 0. The summed E-state index contributed by atoms with van der Waals surface area (Å²) in [6, 6.07) is 19.3. The first-order chi connectivity index (χ1) is 15.6. The largest absolute Gasteiger partial charge is 0.497 e. The summed E-state index contributed by atoms with van der Waals surface area (Å²) in [5.41, 5.74) is 2.18. The molecular weight excluding hydrogens is 446 g/mol. The molecule has 1 aliphatic heterocycles. The van der Waals surface area contributed by atoms with Gasteiger partial charge in [0.15, 0.2) is 0 Å². The first kappa shape index (κ1) is 20.5. The minimum absolute atomic E-state index is 0.0110. The molecule has 3 heterocycles. The molecular formula is C23H20ClN5O2S. The molecule has 0 bridgehead atoms. The molecule has 0 aliphatic carbocycles. The Morgan fingerprint density at radius 2 is 1.91 bits per heavy atom. The fraction of sp³-hybridized carbons (Fsp3) is 0.174. The van der Waals surface area contributed by atoms with Crippen LogP contribution in [-0.4, -0.2) is 27.8 Å². The van der Waals surface area contributed by atoms with E-state index < -0.39 is 0 Å². The van der Waals surface area contributed by atoms with Gasteiger partial charge in [-0.05, 0) is 53.3 Å². The van der Waals surface area contributed by atoms with E-state index >= 15 is 0 Å². The Balaban J connectivity index is 1.49. The second-order valence-corrected chi connectivity index (χ2v) is 8.79. The van der Waals surface area contributed by atoms with E-state index in [0.717, 1.165) is 23.3 Å². The summed E-state index contributed by atoms with van der Waals surface area (Å²) in [6.07, 6.45) is 0.753.